The van der Waals surface area contributed by atoms with Crippen molar-refractivity contribution in [2.75, 3.05) is 33.7 Å². The molecule has 3 amide bonds. The van der Waals surface area contributed by atoms with Crippen LogP contribution in [0, 0.1) is 0 Å². The summed E-state index contributed by atoms with van der Waals surface area (Å²) in [7, 11) is 3.14. The molecule has 3 aliphatic heterocycles. The van der Waals surface area contributed by atoms with E-state index in [1.54, 1.807) is 7.05 Å². The molecule has 3 heterocycles. The molecule has 0 aromatic heterocycles. The summed E-state index contributed by atoms with van der Waals surface area (Å²) >= 11 is 0. The summed E-state index contributed by atoms with van der Waals surface area (Å²) in [5, 5.41) is 10.9. The van der Waals surface area contributed by atoms with Crippen LogP contribution in [-0.2, 0) is 4.79 Å². The predicted octanol–water partition coefficient (Wildman–Crippen LogP) is 1.27. The largest absolute Gasteiger partial charge is 0.392 e. The molecule has 0 aliphatic carbocycles. The smallest absolute Gasteiger partial charge is 0.385 e. The lowest BCUT2D eigenvalue weighted by Crippen LogP contribution is -2.63. The zero-order chi connectivity index (χ0) is 20.5. The quantitative estimate of drug-likeness (QED) is 0.778. The number of amides is 3. The van der Waals surface area contributed by atoms with E-state index in [0.29, 0.717) is 11.8 Å². The van der Waals surface area contributed by atoms with Gasteiger partial charge in [0.2, 0.25) is 11.9 Å². The van der Waals surface area contributed by atoms with Gasteiger partial charge in [0.1, 0.15) is 6.10 Å². The van der Waals surface area contributed by atoms with Crippen molar-refractivity contribution < 1.29 is 19.3 Å². The second kappa shape index (κ2) is 7.94. The van der Waals surface area contributed by atoms with Gasteiger partial charge in [-0.15, -0.1) is 0 Å². The SMILES string of the molecule is CN1C(=O)C2C(=NC(=[N+]3CCCCCC3)N2CC(O)c2ccccc2)N(C)C1=O. The number of amidine groups is 1. The fraction of sp³-hybridized carbons (Fsp3) is 0.524. The monoisotopic (exact) mass is 398 g/mol. The van der Waals surface area contributed by atoms with Gasteiger partial charge in [-0.2, -0.15) is 0 Å². The number of carbonyl (C=O) groups excluding carboxylic acids is 2. The third-order valence-electron chi connectivity index (χ3n) is 5.95. The Labute approximate surface area is 170 Å². The van der Waals surface area contributed by atoms with Crippen molar-refractivity contribution in [3.8, 4) is 0 Å². The highest BCUT2D eigenvalue weighted by atomic mass is 16.3. The Morgan fingerprint density at radius 2 is 1.72 bits per heavy atom. The fourth-order valence-electron chi connectivity index (χ4n) is 4.26. The number of imide groups is 1. The topological polar surface area (TPSA) is 79.5 Å². The summed E-state index contributed by atoms with van der Waals surface area (Å²) < 4.78 is 2.20. The number of rotatable bonds is 3. The molecule has 2 unspecified atom stereocenters. The van der Waals surface area contributed by atoms with Crippen LogP contribution in [-0.4, -0.2) is 87.9 Å². The number of β-amino-alcohol motifs (C(OH)–C–C–N with tert-alkyl or cyclic N) is 1. The first-order chi connectivity index (χ1) is 14.0. The van der Waals surface area contributed by atoms with Gasteiger partial charge in [-0.05, 0) is 18.4 Å². The molecule has 0 radical (unpaired) electrons. The second-order valence-electron chi connectivity index (χ2n) is 7.89. The highest BCUT2D eigenvalue weighted by Gasteiger charge is 2.55. The van der Waals surface area contributed by atoms with E-state index in [-0.39, 0.29) is 18.5 Å². The maximum absolute atomic E-state index is 13.0. The first-order valence-electron chi connectivity index (χ1n) is 10.2. The lowest BCUT2D eigenvalue weighted by atomic mass is 10.1. The Bertz CT molecular complexity index is 856. The zero-order valence-corrected chi connectivity index (χ0v) is 17.0. The fourth-order valence-corrected chi connectivity index (χ4v) is 4.26. The van der Waals surface area contributed by atoms with Crippen LogP contribution < -0.4 is 0 Å². The summed E-state index contributed by atoms with van der Waals surface area (Å²) in [5.41, 5.74) is 0.789. The van der Waals surface area contributed by atoms with E-state index in [0.717, 1.165) is 36.4 Å². The van der Waals surface area contributed by atoms with Gasteiger partial charge in [-0.1, -0.05) is 48.2 Å². The highest BCUT2D eigenvalue weighted by molar-refractivity contribution is 6.25. The van der Waals surface area contributed by atoms with Crippen molar-refractivity contribution in [2.24, 2.45) is 4.99 Å². The van der Waals surface area contributed by atoms with Crippen LogP contribution in [0.3, 0.4) is 0 Å². The molecule has 154 valence electrons. The Morgan fingerprint density at radius 3 is 2.38 bits per heavy atom. The first kappa shape index (κ1) is 19.6. The van der Waals surface area contributed by atoms with Crippen molar-refractivity contribution in [1.82, 2.24) is 14.7 Å². The number of aliphatic imine (C=N–C) groups is 1. The molecule has 0 saturated carbocycles. The molecule has 0 spiro atoms. The van der Waals surface area contributed by atoms with Gasteiger partial charge in [0.05, 0.1) is 19.6 Å². The molecule has 2 saturated heterocycles. The second-order valence-corrected chi connectivity index (χ2v) is 7.89. The lowest BCUT2D eigenvalue weighted by molar-refractivity contribution is -0.531. The van der Waals surface area contributed by atoms with Gasteiger partial charge in [-0.3, -0.25) is 19.2 Å². The summed E-state index contributed by atoms with van der Waals surface area (Å²) in [4.78, 5) is 34.7. The minimum Gasteiger partial charge on any atom is -0.385 e. The number of carbonyl (C=O) groups is 2. The van der Waals surface area contributed by atoms with Gasteiger partial charge >= 0.3 is 12.0 Å². The van der Waals surface area contributed by atoms with Crippen LogP contribution >= 0.6 is 0 Å². The number of guanidine groups is 1. The number of hydrogen-bond acceptors (Lipinski definition) is 3. The number of nitrogens with zero attached hydrogens (tertiary/aromatic N) is 5. The number of benzene rings is 1. The minimum atomic E-state index is -0.770. The Morgan fingerprint density at radius 1 is 1.07 bits per heavy atom. The molecule has 1 N–H and O–H groups in total. The normalized spacial score (nSPS) is 23.9. The predicted molar refractivity (Wildman–Crippen MR) is 109 cm³/mol. The Kier molecular flexibility index (Phi) is 5.36. The molecule has 8 nitrogen and oxygen atoms in total. The average molecular weight is 398 g/mol. The van der Waals surface area contributed by atoms with Crippen LogP contribution in [0.5, 0.6) is 0 Å². The molecule has 3 aliphatic rings. The number of aliphatic hydroxyl groups is 1. The van der Waals surface area contributed by atoms with E-state index in [2.05, 4.69) is 4.58 Å². The van der Waals surface area contributed by atoms with Crippen LogP contribution in [0.4, 0.5) is 4.79 Å². The molecule has 1 aromatic rings. The Balaban J connectivity index is 1.73. The maximum Gasteiger partial charge on any atom is 0.392 e. The van der Waals surface area contributed by atoms with Gasteiger partial charge in [-0.25, -0.2) is 9.69 Å². The van der Waals surface area contributed by atoms with Gasteiger partial charge in [0.25, 0.3) is 5.91 Å². The molecule has 2 fully saturated rings. The highest BCUT2D eigenvalue weighted by Crippen LogP contribution is 2.26. The standard InChI is InChI=1S/C21H28N5O3/c1-23-18-17(19(28)24(2)21(23)29)26(14-16(27)15-10-6-5-7-11-15)20(22-18)25-12-8-3-4-9-13-25/h5-7,10-11,16-17,27H,3-4,8-9,12-14H2,1-2H3/q+1. The third-order valence-corrected chi connectivity index (χ3v) is 5.95. The van der Waals surface area contributed by atoms with Gasteiger partial charge in [0.15, 0.2) is 0 Å². The number of hydrogen-bond donors (Lipinski definition) is 1. The third kappa shape index (κ3) is 3.53. The van der Waals surface area contributed by atoms with Crippen LogP contribution in [0.25, 0.3) is 0 Å². The van der Waals surface area contributed by atoms with E-state index in [4.69, 9.17) is 4.99 Å². The molecular weight excluding hydrogens is 370 g/mol. The van der Waals surface area contributed by atoms with Crippen molar-refractivity contribution in [3.05, 3.63) is 35.9 Å². The van der Waals surface area contributed by atoms with Crippen LogP contribution in [0.15, 0.2) is 35.3 Å². The summed E-state index contributed by atoms with van der Waals surface area (Å²) in [5.74, 6) is 0.819. The number of aliphatic hydroxyl groups excluding tert-OH is 1. The van der Waals surface area contributed by atoms with E-state index in [1.807, 2.05) is 35.2 Å². The van der Waals surface area contributed by atoms with E-state index in [9.17, 15) is 14.7 Å². The van der Waals surface area contributed by atoms with E-state index in [1.165, 1.54) is 24.8 Å². The minimum absolute atomic E-state index is 0.231. The molecule has 0 bridgehead atoms. The Hall–Kier alpha value is -2.74. The van der Waals surface area contributed by atoms with Crippen molar-refractivity contribution in [3.63, 3.8) is 0 Å². The number of likely N-dealkylation sites (N-methyl/N-ethyl adjacent to an activating group) is 2. The molecule has 8 heteroatoms. The van der Waals surface area contributed by atoms with Gasteiger partial charge < -0.3 is 5.11 Å². The average Bonchev–Trinajstić information content (AvgIpc) is 2.91. The van der Waals surface area contributed by atoms with Crippen LogP contribution in [0.1, 0.15) is 37.4 Å². The number of urea groups is 1. The maximum atomic E-state index is 13.0. The summed E-state index contributed by atoms with van der Waals surface area (Å²) in [6.45, 7) is 1.95. The lowest BCUT2D eigenvalue weighted by Gasteiger charge is -2.33. The van der Waals surface area contributed by atoms with Crippen LogP contribution in [0.2, 0.25) is 0 Å². The summed E-state index contributed by atoms with van der Waals surface area (Å²) in [6, 6.07) is 8.34. The van der Waals surface area contributed by atoms with Crippen molar-refractivity contribution in [2.45, 2.75) is 37.8 Å². The molecule has 29 heavy (non-hydrogen) atoms. The summed E-state index contributed by atoms with van der Waals surface area (Å²) in [6.07, 6.45) is 3.72. The molecule has 1 aromatic carbocycles. The van der Waals surface area contributed by atoms with Crippen molar-refractivity contribution in [1.29, 1.82) is 0 Å². The molecular formula is C21H28N5O3+. The first-order valence-corrected chi connectivity index (χ1v) is 10.2. The van der Waals surface area contributed by atoms with E-state index < -0.39 is 12.1 Å². The zero-order valence-electron chi connectivity index (χ0n) is 17.0. The van der Waals surface area contributed by atoms with E-state index >= 15 is 0 Å². The van der Waals surface area contributed by atoms with Gasteiger partial charge in [0, 0.05) is 14.1 Å². The molecule has 4 rings (SSSR count). The van der Waals surface area contributed by atoms with Crippen molar-refractivity contribution >= 4 is 23.7 Å². The molecule has 2 atom stereocenters. The number of fused-ring (bicyclic) bond motifs is 1.